The van der Waals surface area contributed by atoms with Gasteiger partial charge in [0, 0.05) is 51.2 Å². The molecule has 1 aliphatic heterocycles. The van der Waals surface area contributed by atoms with Gasteiger partial charge in [-0.05, 0) is 6.42 Å². The molecule has 0 radical (unpaired) electrons. The van der Waals surface area contributed by atoms with Crippen LogP contribution in [0.1, 0.15) is 19.8 Å². The van der Waals surface area contributed by atoms with Crippen molar-refractivity contribution in [2.24, 2.45) is 0 Å². The van der Waals surface area contributed by atoms with Crippen LogP contribution < -0.4 is 20.9 Å². The van der Waals surface area contributed by atoms with E-state index in [1.165, 1.54) is 0 Å². The number of nitrogens with zero attached hydrogens (tertiary/aromatic N) is 6. The Hall–Kier alpha value is -2.64. The van der Waals surface area contributed by atoms with Crippen molar-refractivity contribution in [3.63, 3.8) is 0 Å². The summed E-state index contributed by atoms with van der Waals surface area (Å²) < 4.78 is 0. The van der Waals surface area contributed by atoms with Gasteiger partial charge in [-0.3, -0.25) is 4.98 Å². The smallest absolute Gasteiger partial charge is 0.223 e. The zero-order chi connectivity index (χ0) is 16.8. The van der Waals surface area contributed by atoms with E-state index in [2.05, 4.69) is 42.0 Å². The summed E-state index contributed by atoms with van der Waals surface area (Å²) in [5, 5.41) is 3.31. The fourth-order valence-corrected chi connectivity index (χ4v) is 2.72. The van der Waals surface area contributed by atoms with Gasteiger partial charge in [0.05, 0.1) is 6.20 Å². The van der Waals surface area contributed by atoms with Gasteiger partial charge in [0.1, 0.15) is 17.5 Å². The van der Waals surface area contributed by atoms with Crippen LogP contribution >= 0.6 is 0 Å². The number of unbranched alkanes of at least 4 members (excludes halogenated alkanes) is 1. The van der Waals surface area contributed by atoms with Crippen molar-refractivity contribution in [1.29, 1.82) is 0 Å². The number of nitrogens with two attached hydrogens (primary N) is 1. The van der Waals surface area contributed by atoms with E-state index in [4.69, 9.17) is 5.73 Å². The molecular weight excluding hydrogens is 304 g/mol. The Labute approximate surface area is 142 Å². The van der Waals surface area contributed by atoms with Gasteiger partial charge in [-0.1, -0.05) is 13.3 Å². The average Bonchev–Trinajstić information content (AvgIpc) is 2.62. The number of rotatable bonds is 6. The fourth-order valence-electron chi connectivity index (χ4n) is 2.72. The van der Waals surface area contributed by atoms with Gasteiger partial charge in [-0.2, -0.15) is 9.97 Å². The lowest BCUT2D eigenvalue weighted by atomic mass is 10.3. The second kappa shape index (κ2) is 7.76. The minimum absolute atomic E-state index is 0.308. The third-order valence-electron chi connectivity index (χ3n) is 4.04. The maximum atomic E-state index is 5.87. The first-order chi connectivity index (χ1) is 11.8. The van der Waals surface area contributed by atoms with Crippen LogP contribution in [0, 0.1) is 0 Å². The van der Waals surface area contributed by atoms with E-state index in [1.807, 2.05) is 6.07 Å². The molecule has 1 fully saturated rings. The van der Waals surface area contributed by atoms with Crippen LogP contribution in [-0.2, 0) is 0 Å². The lowest BCUT2D eigenvalue weighted by Gasteiger charge is -2.35. The second-order valence-electron chi connectivity index (χ2n) is 5.79. The Balaban J connectivity index is 1.63. The molecule has 8 heteroatoms. The van der Waals surface area contributed by atoms with E-state index in [9.17, 15) is 0 Å². The van der Waals surface area contributed by atoms with Gasteiger partial charge < -0.3 is 20.9 Å². The molecular formula is C16H24N8. The molecule has 3 heterocycles. The van der Waals surface area contributed by atoms with Gasteiger partial charge in [-0.15, -0.1) is 0 Å². The zero-order valence-electron chi connectivity index (χ0n) is 14.0. The first-order valence-electron chi connectivity index (χ1n) is 8.40. The summed E-state index contributed by atoms with van der Waals surface area (Å²) in [5.74, 6) is 2.90. The second-order valence-corrected chi connectivity index (χ2v) is 5.79. The van der Waals surface area contributed by atoms with Crippen LogP contribution in [0.3, 0.4) is 0 Å². The highest BCUT2D eigenvalue weighted by Crippen LogP contribution is 2.20. The van der Waals surface area contributed by atoms with Crippen molar-refractivity contribution in [2.45, 2.75) is 19.8 Å². The van der Waals surface area contributed by atoms with Crippen LogP contribution in [-0.4, -0.2) is 52.7 Å². The van der Waals surface area contributed by atoms with E-state index < -0.39 is 0 Å². The summed E-state index contributed by atoms with van der Waals surface area (Å²) in [6.07, 6.45) is 7.46. The standard InChI is InChI=1S/C16H24N8/c1-2-3-4-19-13-11-14(22-16(17)21-13)23-7-9-24(10-8-23)15-12-18-5-6-20-15/h5-6,11-12H,2-4,7-10H2,1H3,(H3,17,19,21,22). The molecule has 0 aliphatic carbocycles. The van der Waals surface area contributed by atoms with Crippen molar-refractivity contribution < 1.29 is 0 Å². The van der Waals surface area contributed by atoms with Gasteiger partial charge in [0.15, 0.2) is 0 Å². The molecule has 0 spiro atoms. The molecule has 0 atom stereocenters. The molecule has 8 nitrogen and oxygen atoms in total. The number of nitrogens with one attached hydrogen (secondary N) is 1. The molecule has 0 amide bonds. The lowest BCUT2D eigenvalue weighted by Crippen LogP contribution is -2.47. The van der Waals surface area contributed by atoms with Crippen LogP contribution in [0.4, 0.5) is 23.4 Å². The number of piperazine rings is 1. The Bertz CT molecular complexity index is 640. The summed E-state index contributed by atoms with van der Waals surface area (Å²) in [6, 6.07) is 1.98. The Kier molecular flexibility index (Phi) is 5.25. The third-order valence-corrected chi connectivity index (χ3v) is 4.04. The third kappa shape index (κ3) is 4.01. The SMILES string of the molecule is CCCCNc1cc(N2CCN(c3cnccn3)CC2)nc(N)n1. The molecule has 3 N–H and O–H groups in total. The quantitative estimate of drug-likeness (QED) is 0.768. The van der Waals surface area contributed by atoms with Gasteiger partial charge in [0.2, 0.25) is 5.95 Å². The fraction of sp³-hybridized carbons (Fsp3) is 0.500. The molecule has 0 unspecified atom stereocenters. The Morgan fingerprint density at radius 3 is 2.50 bits per heavy atom. The Morgan fingerprint density at radius 1 is 1.08 bits per heavy atom. The monoisotopic (exact) mass is 328 g/mol. The first kappa shape index (κ1) is 16.2. The zero-order valence-corrected chi connectivity index (χ0v) is 14.0. The maximum Gasteiger partial charge on any atom is 0.223 e. The highest BCUT2D eigenvalue weighted by atomic mass is 15.3. The molecule has 1 saturated heterocycles. The van der Waals surface area contributed by atoms with Gasteiger partial charge >= 0.3 is 0 Å². The van der Waals surface area contributed by atoms with Crippen molar-refractivity contribution in [1.82, 2.24) is 19.9 Å². The highest BCUT2D eigenvalue weighted by Gasteiger charge is 2.20. The minimum atomic E-state index is 0.308. The average molecular weight is 328 g/mol. The van der Waals surface area contributed by atoms with E-state index in [1.54, 1.807) is 18.6 Å². The largest absolute Gasteiger partial charge is 0.370 e. The summed E-state index contributed by atoms with van der Waals surface area (Å²) >= 11 is 0. The first-order valence-corrected chi connectivity index (χ1v) is 8.40. The minimum Gasteiger partial charge on any atom is -0.370 e. The summed E-state index contributed by atoms with van der Waals surface area (Å²) in [7, 11) is 0. The Morgan fingerprint density at radius 2 is 1.83 bits per heavy atom. The number of hydrogen-bond acceptors (Lipinski definition) is 8. The van der Waals surface area contributed by atoms with Crippen LogP contribution in [0.15, 0.2) is 24.7 Å². The van der Waals surface area contributed by atoms with Crippen LogP contribution in [0.25, 0.3) is 0 Å². The number of hydrogen-bond donors (Lipinski definition) is 2. The lowest BCUT2D eigenvalue weighted by molar-refractivity contribution is 0.640. The molecule has 0 bridgehead atoms. The maximum absolute atomic E-state index is 5.87. The van der Waals surface area contributed by atoms with E-state index in [0.29, 0.717) is 5.95 Å². The van der Waals surface area contributed by atoms with Crippen LogP contribution in [0.2, 0.25) is 0 Å². The molecule has 3 rings (SSSR count). The molecule has 0 aromatic carbocycles. The normalized spacial score (nSPS) is 14.7. The predicted octanol–water partition coefficient (Wildman–Crippen LogP) is 1.39. The molecule has 0 saturated carbocycles. The molecule has 128 valence electrons. The topological polar surface area (TPSA) is 96.1 Å². The van der Waals surface area contributed by atoms with E-state index in [0.717, 1.165) is 63.0 Å². The summed E-state index contributed by atoms with van der Waals surface area (Å²) in [6.45, 7) is 6.54. The summed E-state index contributed by atoms with van der Waals surface area (Å²) in [5.41, 5.74) is 5.87. The predicted molar refractivity (Wildman–Crippen MR) is 96.3 cm³/mol. The molecule has 2 aromatic rings. The number of aromatic nitrogens is 4. The van der Waals surface area contributed by atoms with Crippen LogP contribution in [0.5, 0.6) is 0 Å². The van der Waals surface area contributed by atoms with Gasteiger partial charge in [-0.25, -0.2) is 4.98 Å². The van der Waals surface area contributed by atoms with Gasteiger partial charge in [0.25, 0.3) is 0 Å². The molecule has 2 aromatic heterocycles. The molecule has 24 heavy (non-hydrogen) atoms. The highest BCUT2D eigenvalue weighted by molar-refractivity contribution is 5.53. The van der Waals surface area contributed by atoms with Crippen molar-refractivity contribution in [3.05, 3.63) is 24.7 Å². The number of anilines is 4. The van der Waals surface area contributed by atoms with Crippen molar-refractivity contribution in [2.75, 3.05) is 53.6 Å². The van der Waals surface area contributed by atoms with Crippen molar-refractivity contribution >= 4 is 23.4 Å². The van der Waals surface area contributed by atoms with E-state index in [-0.39, 0.29) is 0 Å². The van der Waals surface area contributed by atoms with E-state index >= 15 is 0 Å². The molecule has 1 aliphatic rings. The summed E-state index contributed by atoms with van der Waals surface area (Å²) in [4.78, 5) is 21.6. The number of nitrogen functional groups attached to an aromatic ring is 1. The van der Waals surface area contributed by atoms with Crippen molar-refractivity contribution in [3.8, 4) is 0 Å².